The third-order valence-corrected chi connectivity index (χ3v) is 3.39. The summed E-state index contributed by atoms with van der Waals surface area (Å²) in [5.74, 6) is -0.273. The number of benzene rings is 1. The topological polar surface area (TPSA) is 60.9 Å². The second-order valence-electron chi connectivity index (χ2n) is 4.64. The van der Waals surface area contributed by atoms with Crippen molar-refractivity contribution in [2.75, 3.05) is 26.2 Å². The van der Waals surface area contributed by atoms with Crippen LogP contribution in [0.1, 0.15) is 18.6 Å². The average Bonchev–Trinajstić information content (AvgIpc) is 2.46. The largest absolute Gasteiger partial charge is 0.378 e. The van der Waals surface area contributed by atoms with E-state index in [1.165, 1.54) is 6.92 Å². The van der Waals surface area contributed by atoms with Crippen LogP contribution in [0, 0.1) is 0 Å². The van der Waals surface area contributed by atoms with E-state index in [1.54, 1.807) is 34.1 Å². The molecule has 1 fully saturated rings. The van der Waals surface area contributed by atoms with Gasteiger partial charge >= 0.3 is 0 Å². The number of piperazine rings is 1. The third-order valence-electron chi connectivity index (χ3n) is 3.39. The predicted octanol–water partition coefficient (Wildman–Crippen LogP) is 0.411. The Hall–Kier alpha value is -1.88. The van der Waals surface area contributed by atoms with E-state index in [1.807, 2.05) is 6.07 Å². The highest BCUT2D eigenvalue weighted by Gasteiger charge is 2.27. The first-order valence-corrected chi connectivity index (χ1v) is 6.37. The van der Waals surface area contributed by atoms with Crippen molar-refractivity contribution in [3.63, 3.8) is 0 Å². The van der Waals surface area contributed by atoms with Crippen molar-refractivity contribution in [2.45, 2.75) is 13.0 Å². The van der Waals surface area contributed by atoms with Gasteiger partial charge in [-0.25, -0.2) is 0 Å². The lowest BCUT2D eigenvalue weighted by Gasteiger charge is -2.35. The Balaban J connectivity index is 1.96. The number of aliphatic hydroxyl groups is 1. The van der Waals surface area contributed by atoms with Gasteiger partial charge in [-0.2, -0.15) is 0 Å². The van der Waals surface area contributed by atoms with Gasteiger partial charge in [0.25, 0.3) is 5.91 Å². The monoisotopic (exact) mass is 262 g/mol. The maximum atomic E-state index is 12.1. The Labute approximate surface area is 112 Å². The molecule has 1 N–H and O–H groups in total. The lowest BCUT2D eigenvalue weighted by atomic mass is 10.1. The van der Waals surface area contributed by atoms with Crippen molar-refractivity contribution in [2.24, 2.45) is 0 Å². The Morgan fingerprint density at radius 3 is 2.11 bits per heavy atom. The highest BCUT2D eigenvalue weighted by Crippen LogP contribution is 2.16. The summed E-state index contributed by atoms with van der Waals surface area (Å²) < 4.78 is 0. The van der Waals surface area contributed by atoms with Crippen LogP contribution in [0.3, 0.4) is 0 Å². The summed E-state index contributed by atoms with van der Waals surface area (Å²) in [6.07, 6.45) is -1.12. The van der Waals surface area contributed by atoms with E-state index < -0.39 is 6.10 Å². The van der Waals surface area contributed by atoms with E-state index in [2.05, 4.69) is 0 Å². The van der Waals surface area contributed by atoms with Gasteiger partial charge in [0.05, 0.1) is 0 Å². The van der Waals surface area contributed by atoms with Gasteiger partial charge in [-0.05, 0) is 5.56 Å². The number of hydrogen-bond donors (Lipinski definition) is 1. The standard InChI is InChI=1S/C14H18N2O3/c1-11(17)15-7-9-16(10-8-15)14(19)13(18)12-5-3-2-4-6-12/h2-6,13,18H,7-10H2,1H3. The average molecular weight is 262 g/mol. The molecule has 0 aliphatic carbocycles. The zero-order valence-corrected chi connectivity index (χ0v) is 11.0. The molecule has 1 aliphatic rings. The molecule has 1 unspecified atom stereocenters. The summed E-state index contributed by atoms with van der Waals surface area (Å²) in [5.41, 5.74) is 0.599. The van der Waals surface area contributed by atoms with E-state index in [0.29, 0.717) is 31.7 Å². The summed E-state index contributed by atoms with van der Waals surface area (Å²) in [6.45, 7) is 3.53. The van der Waals surface area contributed by atoms with Crippen LogP contribution in [-0.4, -0.2) is 52.9 Å². The molecule has 5 heteroatoms. The first kappa shape index (κ1) is 13.5. The molecule has 5 nitrogen and oxygen atoms in total. The van der Waals surface area contributed by atoms with Gasteiger partial charge in [0, 0.05) is 33.1 Å². The molecule has 0 radical (unpaired) electrons. The third kappa shape index (κ3) is 3.12. The molecule has 0 saturated carbocycles. The number of hydrogen-bond acceptors (Lipinski definition) is 3. The number of nitrogens with zero attached hydrogens (tertiary/aromatic N) is 2. The quantitative estimate of drug-likeness (QED) is 0.840. The molecule has 0 bridgehead atoms. The molecule has 2 amide bonds. The lowest BCUT2D eigenvalue weighted by molar-refractivity contribution is -0.145. The van der Waals surface area contributed by atoms with Gasteiger partial charge in [0.2, 0.25) is 5.91 Å². The maximum Gasteiger partial charge on any atom is 0.256 e. The summed E-state index contributed by atoms with van der Waals surface area (Å²) in [6, 6.07) is 8.88. The maximum absolute atomic E-state index is 12.1. The summed E-state index contributed by atoms with van der Waals surface area (Å²) in [4.78, 5) is 26.7. The molecule has 1 aromatic rings. The number of amides is 2. The lowest BCUT2D eigenvalue weighted by Crippen LogP contribution is -2.51. The normalized spacial score (nSPS) is 17.2. The number of carbonyl (C=O) groups is 2. The van der Waals surface area contributed by atoms with Gasteiger partial charge in [-0.3, -0.25) is 9.59 Å². The molecule has 0 aromatic heterocycles. The fourth-order valence-electron chi connectivity index (χ4n) is 2.19. The Morgan fingerprint density at radius 1 is 1.05 bits per heavy atom. The zero-order chi connectivity index (χ0) is 13.8. The summed E-state index contributed by atoms with van der Waals surface area (Å²) in [7, 11) is 0. The molecule has 2 rings (SSSR count). The van der Waals surface area contributed by atoms with E-state index in [9.17, 15) is 14.7 Å². The Kier molecular flexibility index (Phi) is 4.16. The van der Waals surface area contributed by atoms with Crippen molar-refractivity contribution in [3.05, 3.63) is 35.9 Å². The first-order chi connectivity index (χ1) is 9.09. The minimum atomic E-state index is -1.12. The van der Waals surface area contributed by atoms with E-state index in [-0.39, 0.29) is 11.8 Å². The molecule has 102 valence electrons. The van der Waals surface area contributed by atoms with E-state index in [4.69, 9.17) is 0 Å². The predicted molar refractivity (Wildman–Crippen MR) is 70.2 cm³/mol. The molecule has 1 aliphatic heterocycles. The Morgan fingerprint density at radius 2 is 1.58 bits per heavy atom. The van der Waals surface area contributed by atoms with Crippen molar-refractivity contribution in [1.82, 2.24) is 9.80 Å². The van der Waals surface area contributed by atoms with Crippen LogP contribution in [0.5, 0.6) is 0 Å². The molecular weight excluding hydrogens is 244 g/mol. The second kappa shape index (κ2) is 5.84. The minimum absolute atomic E-state index is 0.0238. The molecule has 1 saturated heterocycles. The Bertz CT molecular complexity index is 453. The summed E-state index contributed by atoms with van der Waals surface area (Å²) >= 11 is 0. The fraction of sp³-hybridized carbons (Fsp3) is 0.429. The van der Waals surface area contributed by atoms with Gasteiger partial charge in [-0.15, -0.1) is 0 Å². The smallest absolute Gasteiger partial charge is 0.256 e. The van der Waals surface area contributed by atoms with Crippen LogP contribution in [-0.2, 0) is 9.59 Å². The highest BCUT2D eigenvalue weighted by molar-refractivity contribution is 5.82. The van der Waals surface area contributed by atoms with Crippen molar-refractivity contribution in [3.8, 4) is 0 Å². The van der Waals surface area contributed by atoms with Gasteiger partial charge in [0.1, 0.15) is 0 Å². The molecule has 0 spiro atoms. The van der Waals surface area contributed by atoms with Gasteiger partial charge in [-0.1, -0.05) is 30.3 Å². The summed E-state index contributed by atoms with van der Waals surface area (Å²) in [5, 5.41) is 10.0. The minimum Gasteiger partial charge on any atom is -0.378 e. The number of rotatable bonds is 2. The van der Waals surface area contributed by atoms with Crippen LogP contribution in [0.2, 0.25) is 0 Å². The van der Waals surface area contributed by atoms with Gasteiger partial charge < -0.3 is 14.9 Å². The number of carbonyl (C=O) groups excluding carboxylic acids is 2. The molecular formula is C14H18N2O3. The van der Waals surface area contributed by atoms with E-state index in [0.717, 1.165) is 0 Å². The molecule has 1 atom stereocenters. The fourth-order valence-corrected chi connectivity index (χ4v) is 2.19. The van der Waals surface area contributed by atoms with Crippen molar-refractivity contribution < 1.29 is 14.7 Å². The van der Waals surface area contributed by atoms with Gasteiger partial charge in [0.15, 0.2) is 6.10 Å². The van der Waals surface area contributed by atoms with Crippen LogP contribution < -0.4 is 0 Å². The highest BCUT2D eigenvalue weighted by atomic mass is 16.3. The second-order valence-corrected chi connectivity index (χ2v) is 4.64. The number of aliphatic hydroxyl groups excluding tert-OH is 1. The van der Waals surface area contributed by atoms with Crippen LogP contribution >= 0.6 is 0 Å². The first-order valence-electron chi connectivity index (χ1n) is 6.37. The van der Waals surface area contributed by atoms with Crippen LogP contribution in [0.15, 0.2) is 30.3 Å². The molecule has 1 aromatic carbocycles. The van der Waals surface area contributed by atoms with Crippen LogP contribution in [0.4, 0.5) is 0 Å². The van der Waals surface area contributed by atoms with E-state index >= 15 is 0 Å². The van der Waals surface area contributed by atoms with Crippen LogP contribution in [0.25, 0.3) is 0 Å². The van der Waals surface area contributed by atoms with Crippen molar-refractivity contribution >= 4 is 11.8 Å². The SMILES string of the molecule is CC(=O)N1CCN(C(=O)C(O)c2ccccc2)CC1. The zero-order valence-electron chi connectivity index (χ0n) is 11.0. The van der Waals surface area contributed by atoms with Crippen molar-refractivity contribution in [1.29, 1.82) is 0 Å². The molecule has 19 heavy (non-hydrogen) atoms. The molecule has 1 heterocycles.